The second-order valence-electron chi connectivity index (χ2n) is 7.50. The van der Waals surface area contributed by atoms with Gasteiger partial charge in [-0.2, -0.15) is 0 Å². The number of benzene rings is 2. The summed E-state index contributed by atoms with van der Waals surface area (Å²) < 4.78 is 15.5. The molecule has 144 valence electrons. The largest absolute Gasteiger partial charge is 0.481 e. The number of hydrogen-bond acceptors (Lipinski definition) is 2. The van der Waals surface area contributed by atoms with Crippen LogP contribution in [0.25, 0.3) is 22.0 Å². The van der Waals surface area contributed by atoms with E-state index < -0.39 is 5.97 Å². The fraction of sp³-hybridized carbons (Fsp3) is 0.304. The zero-order chi connectivity index (χ0) is 20.0. The van der Waals surface area contributed by atoms with Crippen molar-refractivity contribution in [1.82, 2.24) is 4.57 Å². The second-order valence-corrected chi connectivity index (χ2v) is 7.50. The standard InChI is InChI=1S/C23H22FNO3/c1-13-19-12-15(24)8-10-20(19)25(2)23(28)22(13)18-9-6-14(7-11-21(26)27)16-4-3-5-17(16)18/h6,8-10,12H,3-5,7,11H2,1-2H3,(H,26,27). The van der Waals surface area contributed by atoms with Gasteiger partial charge < -0.3 is 9.67 Å². The number of carboxylic acids is 1. The van der Waals surface area contributed by atoms with E-state index in [0.717, 1.165) is 46.9 Å². The third kappa shape index (κ3) is 2.91. The smallest absolute Gasteiger partial charge is 0.303 e. The number of carbonyl (C=O) groups is 1. The summed E-state index contributed by atoms with van der Waals surface area (Å²) in [6.45, 7) is 1.87. The van der Waals surface area contributed by atoms with E-state index >= 15 is 0 Å². The molecular formula is C23H22FNO3. The molecule has 0 bridgehead atoms. The van der Waals surface area contributed by atoms with E-state index in [2.05, 4.69) is 0 Å². The number of nitrogens with zero attached hydrogens (tertiary/aromatic N) is 1. The minimum atomic E-state index is -0.808. The number of rotatable bonds is 4. The highest BCUT2D eigenvalue weighted by atomic mass is 19.1. The number of halogens is 1. The van der Waals surface area contributed by atoms with Gasteiger partial charge >= 0.3 is 5.97 Å². The maximum atomic E-state index is 13.9. The Morgan fingerprint density at radius 3 is 2.68 bits per heavy atom. The van der Waals surface area contributed by atoms with Gasteiger partial charge in [-0.05, 0) is 78.6 Å². The normalized spacial score (nSPS) is 13.1. The van der Waals surface area contributed by atoms with E-state index in [-0.39, 0.29) is 17.8 Å². The van der Waals surface area contributed by atoms with Gasteiger partial charge in [0.25, 0.3) is 5.56 Å². The molecule has 1 N–H and O–H groups in total. The van der Waals surface area contributed by atoms with Crippen molar-refractivity contribution in [2.75, 3.05) is 0 Å². The molecule has 0 radical (unpaired) electrons. The molecule has 0 unspecified atom stereocenters. The van der Waals surface area contributed by atoms with Gasteiger partial charge in [0.15, 0.2) is 0 Å². The van der Waals surface area contributed by atoms with Crippen LogP contribution >= 0.6 is 0 Å². The lowest BCUT2D eigenvalue weighted by atomic mass is 9.89. The molecule has 0 aliphatic heterocycles. The van der Waals surface area contributed by atoms with Crippen molar-refractivity contribution in [2.45, 2.75) is 39.0 Å². The first-order valence-corrected chi connectivity index (χ1v) is 9.53. The zero-order valence-corrected chi connectivity index (χ0v) is 16.0. The average molecular weight is 379 g/mol. The fourth-order valence-electron chi connectivity index (χ4n) is 4.48. The summed E-state index contributed by atoms with van der Waals surface area (Å²) in [6, 6.07) is 8.39. The fourth-order valence-corrected chi connectivity index (χ4v) is 4.48. The van der Waals surface area contributed by atoms with Crippen molar-refractivity contribution in [3.63, 3.8) is 0 Å². The third-order valence-electron chi connectivity index (χ3n) is 5.88. The van der Waals surface area contributed by atoms with Crippen molar-refractivity contribution in [3.8, 4) is 11.1 Å². The van der Waals surface area contributed by atoms with E-state index in [0.29, 0.717) is 17.5 Å². The van der Waals surface area contributed by atoms with E-state index in [4.69, 9.17) is 5.11 Å². The molecule has 3 aromatic rings. The minimum Gasteiger partial charge on any atom is -0.481 e. The Morgan fingerprint density at radius 2 is 1.93 bits per heavy atom. The van der Waals surface area contributed by atoms with Crippen molar-refractivity contribution >= 4 is 16.9 Å². The van der Waals surface area contributed by atoms with Crippen LogP contribution in [0.4, 0.5) is 4.39 Å². The van der Waals surface area contributed by atoms with E-state index in [1.807, 2.05) is 19.1 Å². The number of aryl methyl sites for hydroxylation is 3. The molecule has 0 amide bonds. The lowest BCUT2D eigenvalue weighted by molar-refractivity contribution is -0.136. The molecule has 28 heavy (non-hydrogen) atoms. The average Bonchev–Trinajstić information content (AvgIpc) is 3.15. The molecule has 2 aromatic carbocycles. The Kier molecular flexibility index (Phi) is 4.53. The maximum absolute atomic E-state index is 13.9. The molecule has 0 spiro atoms. The van der Waals surface area contributed by atoms with Crippen molar-refractivity contribution in [2.24, 2.45) is 7.05 Å². The van der Waals surface area contributed by atoms with Gasteiger partial charge in [-0.25, -0.2) is 4.39 Å². The van der Waals surface area contributed by atoms with Gasteiger partial charge in [0.2, 0.25) is 0 Å². The van der Waals surface area contributed by atoms with Crippen LogP contribution in [0, 0.1) is 12.7 Å². The van der Waals surface area contributed by atoms with Gasteiger partial charge in [-0.3, -0.25) is 9.59 Å². The van der Waals surface area contributed by atoms with Crippen molar-refractivity contribution in [1.29, 1.82) is 0 Å². The molecule has 1 aromatic heterocycles. The number of aliphatic carboxylic acids is 1. The predicted molar refractivity (Wildman–Crippen MR) is 107 cm³/mol. The Hall–Kier alpha value is -2.95. The molecule has 4 nitrogen and oxygen atoms in total. The highest BCUT2D eigenvalue weighted by Gasteiger charge is 2.23. The highest BCUT2D eigenvalue weighted by molar-refractivity contribution is 5.89. The van der Waals surface area contributed by atoms with Crippen LogP contribution in [0.5, 0.6) is 0 Å². The van der Waals surface area contributed by atoms with Crippen LogP contribution in [-0.4, -0.2) is 15.6 Å². The van der Waals surface area contributed by atoms with Crippen LogP contribution in [0.15, 0.2) is 35.1 Å². The lowest BCUT2D eigenvalue weighted by Gasteiger charge is -2.17. The van der Waals surface area contributed by atoms with Crippen LogP contribution in [0.3, 0.4) is 0 Å². The molecule has 4 rings (SSSR count). The lowest BCUT2D eigenvalue weighted by Crippen LogP contribution is -2.21. The Morgan fingerprint density at radius 1 is 1.18 bits per heavy atom. The molecule has 0 saturated carbocycles. The number of carboxylic acid groups (broad SMARTS) is 1. The predicted octanol–water partition coefficient (Wildman–Crippen LogP) is 4.16. The van der Waals surface area contributed by atoms with Gasteiger partial charge in [-0.1, -0.05) is 12.1 Å². The Labute approximate surface area is 162 Å². The Bertz CT molecular complexity index is 1180. The molecule has 0 atom stereocenters. The van der Waals surface area contributed by atoms with E-state index in [1.165, 1.54) is 17.7 Å². The molecule has 0 fully saturated rings. The summed E-state index contributed by atoms with van der Waals surface area (Å²) in [6.07, 6.45) is 3.36. The zero-order valence-electron chi connectivity index (χ0n) is 16.0. The first-order chi connectivity index (χ1) is 13.4. The quantitative estimate of drug-likeness (QED) is 0.741. The topological polar surface area (TPSA) is 59.3 Å². The summed E-state index contributed by atoms with van der Waals surface area (Å²) in [5.41, 5.74) is 6.29. The van der Waals surface area contributed by atoms with Crippen LogP contribution in [0.1, 0.15) is 35.1 Å². The van der Waals surface area contributed by atoms with Gasteiger partial charge in [0.05, 0.1) is 11.1 Å². The Balaban J connectivity index is 1.95. The third-order valence-corrected chi connectivity index (χ3v) is 5.88. The molecule has 1 heterocycles. The van der Waals surface area contributed by atoms with Crippen LogP contribution in [-0.2, 0) is 31.1 Å². The van der Waals surface area contributed by atoms with Crippen LogP contribution in [0.2, 0.25) is 0 Å². The van der Waals surface area contributed by atoms with E-state index in [9.17, 15) is 14.0 Å². The number of fused-ring (bicyclic) bond motifs is 2. The molecule has 1 aliphatic rings. The van der Waals surface area contributed by atoms with Gasteiger partial charge in [-0.15, -0.1) is 0 Å². The maximum Gasteiger partial charge on any atom is 0.303 e. The summed E-state index contributed by atoms with van der Waals surface area (Å²) >= 11 is 0. The highest BCUT2D eigenvalue weighted by Crippen LogP contribution is 2.36. The number of hydrogen-bond donors (Lipinski definition) is 1. The van der Waals surface area contributed by atoms with Gasteiger partial charge in [0.1, 0.15) is 5.82 Å². The molecular weight excluding hydrogens is 357 g/mol. The number of aromatic nitrogens is 1. The van der Waals surface area contributed by atoms with Gasteiger partial charge in [0, 0.05) is 18.9 Å². The SMILES string of the molecule is Cc1c(-c2ccc(CCC(=O)O)c3c2CCC3)c(=O)n(C)c2ccc(F)cc12. The van der Waals surface area contributed by atoms with Crippen molar-refractivity contribution in [3.05, 3.63) is 68.8 Å². The summed E-state index contributed by atoms with van der Waals surface area (Å²) in [5, 5.41) is 9.74. The monoisotopic (exact) mass is 379 g/mol. The van der Waals surface area contributed by atoms with Crippen molar-refractivity contribution < 1.29 is 14.3 Å². The molecule has 0 saturated heterocycles. The molecule has 1 aliphatic carbocycles. The number of pyridine rings is 1. The summed E-state index contributed by atoms with van der Waals surface area (Å²) in [4.78, 5) is 24.1. The second kappa shape index (κ2) is 6.89. The summed E-state index contributed by atoms with van der Waals surface area (Å²) in [7, 11) is 1.72. The minimum absolute atomic E-state index is 0.0935. The van der Waals surface area contributed by atoms with E-state index in [1.54, 1.807) is 17.7 Å². The molecule has 5 heteroatoms. The summed E-state index contributed by atoms with van der Waals surface area (Å²) in [5.74, 6) is -1.13. The van der Waals surface area contributed by atoms with Crippen LogP contribution < -0.4 is 5.56 Å². The first kappa shape index (κ1) is 18.4. The first-order valence-electron chi connectivity index (χ1n) is 9.53.